The van der Waals surface area contributed by atoms with Gasteiger partial charge in [-0.3, -0.25) is 0 Å². The van der Waals surface area contributed by atoms with E-state index in [-0.39, 0.29) is 0 Å². The van der Waals surface area contributed by atoms with Crippen molar-refractivity contribution in [2.75, 3.05) is 42.7 Å². The minimum atomic E-state index is -3.08. The van der Waals surface area contributed by atoms with Crippen LogP contribution in [0.5, 0.6) is 0 Å². The lowest BCUT2D eigenvalue weighted by Gasteiger charge is -2.35. The molecule has 0 N–H and O–H groups in total. The third kappa shape index (κ3) is 3.12. The van der Waals surface area contributed by atoms with Crippen LogP contribution in [0, 0.1) is 0 Å². The van der Waals surface area contributed by atoms with E-state index < -0.39 is 17.6 Å². The first-order chi connectivity index (χ1) is 10.0. The fourth-order valence-electron chi connectivity index (χ4n) is 2.47. The van der Waals surface area contributed by atoms with E-state index in [0.717, 1.165) is 16.0 Å². The number of hydrogen-bond acceptors (Lipinski definition) is 6. The summed E-state index contributed by atoms with van der Waals surface area (Å²) in [6.45, 7) is 4.11. The standard InChI is InChI=1S/C13H24O6Si2/c1-11-9-8-10-12(20(14-2,15-3)16-4)13(11)21(17-5,18-6)19-7/h8,10H,1,9H2,2-7H3. The van der Waals surface area contributed by atoms with Crippen molar-refractivity contribution in [3.05, 3.63) is 34.7 Å². The average molecular weight is 333 g/mol. The Morgan fingerprint density at radius 2 is 1.24 bits per heavy atom. The molecule has 0 unspecified atom stereocenters. The second-order valence-electron chi connectivity index (χ2n) is 4.34. The predicted octanol–water partition coefficient (Wildman–Crippen LogP) is 1.63. The summed E-state index contributed by atoms with van der Waals surface area (Å²) in [6, 6.07) is 0. The molecule has 0 aromatic carbocycles. The maximum atomic E-state index is 5.60. The molecule has 1 aliphatic carbocycles. The molecular weight excluding hydrogens is 308 g/mol. The number of allylic oxidation sites excluding steroid dienone is 5. The molecule has 0 saturated heterocycles. The minimum absolute atomic E-state index is 0.686. The second-order valence-corrected chi connectivity index (χ2v) is 10.0. The third-order valence-corrected chi connectivity index (χ3v) is 9.31. The topological polar surface area (TPSA) is 55.4 Å². The van der Waals surface area contributed by atoms with Crippen molar-refractivity contribution in [3.8, 4) is 0 Å². The van der Waals surface area contributed by atoms with Crippen LogP contribution in [0.3, 0.4) is 0 Å². The lowest BCUT2D eigenvalue weighted by Crippen LogP contribution is -2.52. The van der Waals surface area contributed by atoms with Crippen molar-refractivity contribution in [3.63, 3.8) is 0 Å². The van der Waals surface area contributed by atoms with Crippen LogP contribution in [0.4, 0.5) is 0 Å². The van der Waals surface area contributed by atoms with E-state index in [1.165, 1.54) is 0 Å². The molecule has 8 heteroatoms. The fourth-order valence-corrected chi connectivity index (χ4v) is 7.41. The zero-order valence-electron chi connectivity index (χ0n) is 13.5. The molecule has 0 heterocycles. The Hall–Kier alpha value is -0.586. The van der Waals surface area contributed by atoms with Gasteiger partial charge in [0.2, 0.25) is 0 Å². The predicted molar refractivity (Wildman–Crippen MR) is 83.5 cm³/mol. The molecule has 21 heavy (non-hydrogen) atoms. The fraction of sp³-hybridized carbons (Fsp3) is 0.538. The molecule has 0 aromatic rings. The Bertz CT molecular complexity index is 421. The van der Waals surface area contributed by atoms with Crippen molar-refractivity contribution < 1.29 is 26.6 Å². The normalized spacial score (nSPS) is 16.8. The van der Waals surface area contributed by atoms with E-state index in [1.807, 2.05) is 12.2 Å². The summed E-state index contributed by atoms with van der Waals surface area (Å²) in [5, 5.41) is 1.54. The zero-order valence-corrected chi connectivity index (χ0v) is 15.5. The van der Waals surface area contributed by atoms with Crippen molar-refractivity contribution in [2.45, 2.75) is 6.42 Å². The summed E-state index contributed by atoms with van der Waals surface area (Å²) in [5.74, 6) is 0. The zero-order chi connectivity index (χ0) is 16.1. The van der Waals surface area contributed by atoms with Gasteiger partial charge in [-0.05, 0) is 12.0 Å². The molecule has 0 amide bonds. The van der Waals surface area contributed by atoms with Crippen LogP contribution >= 0.6 is 0 Å². The third-order valence-electron chi connectivity index (χ3n) is 3.52. The van der Waals surface area contributed by atoms with Gasteiger partial charge < -0.3 is 26.6 Å². The van der Waals surface area contributed by atoms with Gasteiger partial charge >= 0.3 is 17.6 Å². The van der Waals surface area contributed by atoms with Crippen LogP contribution in [0.1, 0.15) is 6.42 Å². The molecule has 0 bridgehead atoms. The quantitative estimate of drug-likeness (QED) is 0.630. The van der Waals surface area contributed by atoms with Crippen LogP contribution in [-0.2, 0) is 26.6 Å². The van der Waals surface area contributed by atoms with Gasteiger partial charge in [0.1, 0.15) is 0 Å². The molecule has 120 valence electrons. The van der Waals surface area contributed by atoms with E-state index in [2.05, 4.69) is 6.58 Å². The van der Waals surface area contributed by atoms with Crippen molar-refractivity contribution in [2.24, 2.45) is 0 Å². The maximum absolute atomic E-state index is 5.60. The van der Waals surface area contributed by atoms with Crippen molar-refractivity contribution >= 4 is 17.6 Å². The van der Waals surface area contributed by atoms with Gasteiger partial charge in [0.15, 0.2) is 0 Å². The van der Waals surface area contributed by atoms with Gasteiger partial charge in [0, 0.05) is 53.1 Å². The average Bonchev–Trinajstić information content (AvgIpc) is 2.53. The highest BCUT2D eigenvalue weighted by molar-refractivity contribution is 6.77. The molecular formula is C13H24O6Si2. The van der Waals surface area contributed by atoms with Crippen molar-refractivity contribution in [1.82, 2.24) is 0 Å². The van der Waals surface area contributed by atoms with E-state index in [1.54, 1.807) is 42.7 Å². The van der Waals surface area contributed by atoms with Gasteiger partial charge in [0.05, 0.1) is 0 Å². The Morgan fingerprint density at radius 3 is 1.62 bits per heavy atom. The first-order valence-electron chi connectivity index (χ1n) is 6.41. The molecule has 0 spiro atoms. The molecule has 0 aliphatic heterocycles. The second kappa shape index (κ2) is 7.61. The first-order valence-corrected chi connectivity index (χ1v) is 9.86. The van der Waals surface area contributed by atoms with Gasteiger partial charge in [-0.25, -0.2) is 0 Å². The minimum Gasteiger partial charge on any atom is -0.373 e. The molecule has 0 saturated carbocycles. The lowest BCUT2D eigenvalue weighted by molar-refractivity contribution is 0.128. The molecule has 1 aliphatic rings. The van der Waals surface area contributed by atoms with Crippen LogP contribution in [0.2, 0.25) is 0 Å². The Balaban J connectivity index is 3.62. The summed E-state index contributed by atoms with van der Waals surface area (Å²) in [5.41, 5.74) is 0.854. The SMILES string of the molecule is C=C1CC=CC([Si](OC)(OC)OC)=C1[Si](OC)(OC)OC. The smallest absolute Gasteiger partial charge is 0.373 e. The Morgan fingerprint density at radius 1 is 0.810 bits per heavy atom. The summed E-state index contributed by atoms with van der Waals surface area (Å²) in [6.07, 6.45) is 4.59. The van der Waals surface area contributed by atoms with E-state index in [4.69, 9.17) is 26.6 Å². The molecule has 0 radical (unpaired) electrons. The summed E-state index contributed by atoms with van der Waals surface area (Å²) >= 11 is 0. The van der Waals surface area contributed by atoms with Gasteiger partial charge in [-0.2, -0.15) is 0 Å². The lowest BCUT2D eigenvalue weighted by atomic mass is 10.1. The van der Waals surface area contributed by atoms with Crippen LogP contribution < -0.4 is 0 Å². The highest BCUT2D eigenvalue weighted by Gasteiger charge is 2.53. The Kier molecular flexibility index (Phi) is 6.69. The molecule has 0 fully saturated rings. The molecule has 1 rings (SSSR count). The van der Waals surface area contributed by atoms with Gasteiger partial charge in [-0.15, -0.1) is 0 Å². The monoisotopic (exact) mass is 332 g/mol. The highest BCUT2D eigenvalue weighted by atomic mass is 28.4. The number of rotatable bonds is 8. The molecule has 0 aromatic heterocycles. The van der Waals surface area contributed by atoms with Crippen LogP contribution in [0.15, 0.2) is 34.7 Å². The van der Waals surface area contributed by atoms with Crippen LogP contribution in [0.25, 0.3) is 0 Å². The number of hydrogen-bond donors (Lipinski definition) is 0. The summed E-state index contributed by atoms with van der Waals surface area (Å²) < 4.78 is 33.6. The highest BCUT2D eigenvalue weighted by Crippen LogP contribution is 2.37. The largest absolute Gasteiger partial charge is 0.536 e. The van der Waals surface area contributed by atoms with Crippen LogP contribution in [-0.4, -0.2) is 60.3 Å². The van der Waals surface area contributed by atoms with E-state index >= 15 is 0 Å². The summed E-state index contributed by atoms with van der Waals surface area (Å²) in [7, 11) is 3.23. The van der Waals surface area contributed by atoms with E-state index in [9.17, 15) is 0 Å². The molecule has 6 nitrogen and oxygen atoms in total. The van der Waals surface area contributed by atoms with Gasteiger partial charge in [-0.1, -0.05) is 18.7 Å². The first kappa shape index (κ1) is 18.5. The maximum Gasteiger partial charge on any atom is 0.536 e. The summed E-state index contributed by atoms with van der Waals surface area (Å²) in [4.78, 5) is 0. The van der Waals surface area contributed by atoms with Gasteiger partial charge in [0.25, 0.3) is 0 Å². The van der Waals surface area contributed by atoms with E-state index in [0.29, 0.717) is 6.42 Å². The molecule has 0 atom stereocenters. The van der Waals surface area contributed by atoms with Crippen molar-refractivity contribution in [1.29, 1.82) is 0 Å². The Labute approximate surface area is 128 Å².